The van der Waals surface area contributed by atoms with E-state index in [1.807, 2.05) is 25.1 Å². The highest BCUT2D eigenvalue weighted by Crippen LogP contribution is 2.24. The average molecular weight is 356 g/mol. The maximum atomic E-state index is 12.2. The zero-order chi connectivity index (χ0) is 15.2. The molecule has 116 valence electrons. The fourth-order valence-electron chi connectivity index (χ4n) is 2.50. The summed E-state index contributed by atoms with van der Waals surface area (Å²) in [5.74, 6) is 0.918. The first-order valence-corrected chi connectivity index (χ1v) is 8.00. The van der Waals surface area contributed by atoms with E-state index in [1.165, 1.54) is 0 Å². The summed E-state index contributed by atoms with van der Waals surface area (Å²) in [7, 11) is 1.66. The Balaban J connectivity index is 2.13. The number of amides is 1. The van der Waals surface area contributed by atoms with Crippen molar-refractivity contribution in [1.82, 2.24) is 15.5 Å². The maximum Gasteiger partial charge on any atom is 0.238 e. The monoisotopic (exact) mass is 355 g/mol. The van der Waals surface area contributed by atoms with Gasteiger partial charge in [0.15, 0.2) is 0 Å². The van der Waals surface area contributed by atoms with Gasteiger partial charge in [0.25, 0.3) is 0 Å². The fourth-order valence-corrected chi connectivity index (χ4v) is 2.88. The Morgan fingerprint density at radius 2 is 2.38 bits per heavy atom. The molecule has 6 heteroatoms. The summed E-state index contributed by atoms with van der Waals surface area (Å²) in [6.45, 7) is 5.76. The van der Waals surface area contributed by atoms with Crippen LogP contribution in [0.25, 0.3) is 0 Å². The zero-order valence-corrected chi connectivity index (χ0v) is 14.1. The third-order valence-corrected chi connectivity index (χ3v) is 4.41. The first-order chi connectivity index (χ1) is 10.2. The molecule has 5 nitrogen and oxygen atoms in total. The molecule has 1 aromatic rings. The maximum absolute atomic E-state index is 12.2. The van der Waals surface area contributed by atoms with Crippen LogP contribution in [0.5, 0.6) is 5.75 Å². The molecule has 0 bridgehead atoms. The predicted molar refractivity (Wildman–Crippen MR) is 86.4 cm³/mol. The molecule has 1 saturated heterocycles. The van der Waals surface area contributed by atoms with Gasteiger partial charge < -0.3 is 15.4 Å². The number of benzene rings is 1. The van der Waals surface area contributed by atoms with Crippen LogP contribution in [0.1, 0.15) is 12.5 Å². The molecule has 1 fully saturated rings. The number of ether oxygens (including phenoxy) is 1. The Kier molecular flexibility index (Phi) is 6.02. The highest BCUT2D eigenvalue weighted by molar-refractivity contribution is 9.10. The smallest absolute Gasteiger partial charge is 0.238 e. The lowest BCUT2D eigenvalue weighted by molar-refractivity contribution is -0.127. The Bertz CT molecular complexity index is 496. The third kappa shape index (κ3) is 4.18. The minimum atomic E-state index is -0.128. The third-order valence-electron chi connectivity index (χ3n) is 3.63. The fraction of sp³-hybridized carbons (Fsp3) is 0.533. The number of nitrogens with one attached hydrogen (secondary N) is 2. The second-order valence-corrected chi connectivity index (χ2v) is 5.90. The van der Waals surface area contributed by atoms with Crippen molar-refractivity contribution < 1.29 is 9.53 Å². The summed E-state index contributed by atoms with van der Waals surface area (Å²) in [6, 6.07) is 5.79. The van der Waals surface area contributed by atoms with E-state index in [-0.39, 0.29) is 11.9 Å². The van der Waals surface area contributed by atoms with E-state index < -0.39 is 0 Å². The van der Waals surface area contributed by atoms with E-state index in [1.54, 1.807) is 7.11 Å². The van der Waals surface area contributed by atoms with Crippen LogP contribution in [0.2, 0.25) is 0 Å². The summed E-state index contributed by atoms with van der Waals surface area (Å²) in [5.41, 5.74) is 1.13. The van der Waals surface area contributed by atoms with Gasteiger partial charge in [0.2, 0.25) is 5.91 Å². The van der Waals surface area contributed by atoms with E-state index >= 15 is 0 Å². The standard InChI is InChI=1S/C15H22BrN3O2/c1-3-18-15(20)14-9-17-6-7-19(14)10-11-8-12(21-2)4-5-13(11)16/h4-5,8,14,17H,3,6-7,9-10H2,1-2H3,(H,18,20). The molecule has 0 saturated carbocycles. The molecule has 1 aliphatic heterocycles. The summed E-state index contributed by atoms with van der Waals surface area (Å²) in [5, 5.41) is 6.20. The molecule has 1 unspecified atom stereocenters. The lowest BCUT2D eigenvalue weighted by Gasteiger charge is -2.35. The quantitative estimate of drug-likeness (QED) is 0.837. The number of piperazine rings is 1. The van der Waals surface area contributed by atoms with Crippen LogP contribution in [0.3, 0.4) is 0 Å². The van der Waals surface area contributed by atoms with Crippen LogP contribution in [-0.4, -0.2) is 50.1 Å². The molecule has 1 amide bonds. The number of methoxy groups -OCH3 is 1. The second kappa shape index (κ2) is 7.77. The number of likely N-dealkylation sites (N-methyl/N-ethyl adjacent to an activating group) is 1. The number of rotatable bonds is 5. The Morgan fingerprint density at radius 3 is 3.10 bits per heavy atom. The Morgan fingerprint density at radius 1 is 1.57 bits per heavy atom. The van der Waals surface area contributed by atoms with Crippen molar-refractivity contribution >= 4 is 21.8 Å². The molecule has 2 N–H and O–H groups in total. The minimum Gasteiger partial charge on any atom is -0.497 e. The van der Waals surface area contributed by atoms with Crippen LogP contribution in [0, 0.1) is 0 Å². The molecular formula is C15H22BrN3O2. The first kappa shape index (κ1) is 16.3. The number of carbonyl (C=O) groups excluding carboxylic acids is 1. The highest BCUT2D eigenvalue weighted by Gasteiger charge is 2.28. The molecule has 21 heavy (non-hydrogen) atoms. The molecule has 0 aromatic heterocycles. The number of carbonyl (C=O) groups is 1. The highest BCUT2D eigenvalue weighted by atomic mass is 79.9. The van der Waals surface area contributed by atoms with Gasteiger partial charge >= 0.3 is 0 Å². The van der Waals surface area contributed by atoms with E-state index in [9.17, 15) is 4.79 Å². The van der Waals surface area contributed by atoms with Gasteiger partial charge in [-0.25, -0.2) is 0 Å². The summed E-state index contributed by atoms with van der Waals surface area (Å²) in [6.07, 6.45) is 0. The Labute approximate surface area is 134 Å². The SMILES string of the molecule is CCNC(=O)C1CNCCN1Cc1cc(OC)ccc1Br. The van der Waals surface area contributed by atoms with E-state index in [2.05, 4.69) is 31.5 Å². The predicted octanol–water partition coefficient (Wildman–Crippen LogP) is 1.37. The lowest BCUT2D eigenvalue weighted by Crippen LogP contribution is -2.57. The number of hydrogen-bond donors (Lipinski definition) is 2. The topological polar surface area (TPSA) is 53.6 Å². The first-order valence-electron chi connectivity index (χ1n) is 7.20. The molecule has 0 radical (unpaired) electrons. The van der Waals surface area contributed by atoms with Crippen LogP contribution in [-0.2, 0) is 11.3 Å². The van der Waals surface area contributed by atoms with Crippen molar-refractivity contribution in [1.29, 1.82) is 0 Å². The molecule has 1 heterocycles. The van der Waals surface area contributed by atoms with Crippen LogP contribution in [0.4, 0.5) is 0 Å². The number of nitrogens with zero attached hydrogens (tertiary/aromatic N) is 1. The summed E-state index contributed by atoms with van der Waals surface area (Å²) < 4.78 is 6.32. The van der Waals surface area contributed by atoms with E-state index in [4.69, 9.17) is 4.74 Å². The van der Waals surface area contributed by atoms with Crippen LogP contribution < -0.4 is 15.4 Å². The largest absolute Gasteiger partial charge is 0.497 e. The van der Waals surface area contributed by atoms with Crippen molar-refractivity contribution in [2.24, 2.45) is 0 Å². The van der Waals surface area contributed by atoms with Gasteiger partial charge in [0, 0.05) is 37.2 Å². The molecule has 1 aromatic carbocycles. The molecule has 2 rings (SSSR count). The van der Waals surface area contributed by atoms with Crippen LogP contribution >= 0.6 is 15.9 Å². The minimum absolute atomic E-state index is 0.0868. The zero-order valence-electron chi connectivity index (χ0n) is 12.5. The van der Waals surface area contributed by atoms with Crippen molar-refractivity contribution in [2.75, 3.05) is 33.3 Å². The van der Waals surface area contributed by atoms with Crippen molar-refractivity contribution in [3.8, 4) is 5.75 Å². The van der Waals surface area contributed by atoms with Crippen molar-refractivity contribution in [3.63, 3.8) is 0 Å². The molecule has 1 atom stereocenters. The second-order valence-electron chi connectivity index (χ2n) is 5.04. The molecule has 0 aliphatic carbocycles. The van der Waals surface area contributed by atoms with Gasteiger partial charge in [0.1, 0.15) is 11.8 Å². The average Bonchev–Trinajstić information content (AvgIpc) is 2.50. The molecule has 0 spiro atoms. The van der Waals surface area contributed by atoms with E-state index in [0.29, 0.717) is 13.1 Å². The van der Waals surface area contributed by atoms with Crippen molar-refractivity contribution in [2.45, 2.75) is 19.5 Å². The van der Waals surface area contributed by atoms with Gasteiger partial charge in [-0.1, -0.05) is 15.9 Å². The van der Waals surface area contributed by atoms with Gasteiger partial charge in [-0.2, -0.15) is 0 Å². The number of hydrogen-bond acceptors (Lipinski definition) is 4. The molecule has 1 aliphatic rings. The lowest BCUT2D eigenvalue weighted by atomic mass is 10.1. The number of halogens is 1. The normalized spacial score (nSPS) is 19.3. The summed E-state index contributed by atoms with van der Waals surface area (Å²) in [4.78, 5) is 14.4. The Hall–Kier alpha value is -1.11. The van der Waals surface area contributed by atoms with Crippen LogP contribution in [0.15, 0.2) is 22.7 Å². The van der Waals surface area contributed by atoms with Crippen molar-refractivity contribution in [3.05, 3.63) is 28.2 Å². The molecular weight excluding hydrogens is 334 g/mol. The summed E-state index contributed by atoms with van der Waals surface area (Å²) >= 11 is 3.58. The van der Waals surface area contributed by atoms with Gasteiger partial charge in [-0.15, -0.1) is 0 Å². The van der Waals surface area contributed by atoms with Gasteiger partial charge in [-0.3, -0.25) is 9.69 Å². The van der Waals surface area contributed by atoms with E-state index in [0.717, 1.165) is 35.4 Å². The van der Waals surface area contributed by atoms with Gasteiger partial charge in [-0.05, 0) is 30.7 Å². The van der Waals surface area contributed by atoms with Gasteiger partial charge in [0.05, 0.1) is 7.11 Å².